The minimum atomic E-state index is -3.23. The summed E-state index contributed by atoms with van der Waals surface area (Å²) in [5.41, 5.74) is 4.88. The third-order valence-electron chi connectivity index (χ3n) is 5.88. The molecule has 4 aromatic rings. The number of aromatic nitrogens is 2. The lowest BCUT2D eigenvalue weighted by molar-refractivity contribution is 0.356. The van der Waals surface area contributed by atoms with E-state index in [1.165, 1.54) is 0 Å². The lowest BCUT2D eigenvalue weighted by Crippen LogP contribution is -2.21. The number of fused-ring (bicyclic) bond motifs is 1. The Morgan fingerprint density at radius 1 is 0.917 bits per heavy atom. The highest BCUT2D eigenvalue weighted by atomic mass is 32.2. The fourth-order valence-corrected chi connectivity index (χ4v) is 4.42. The maximum Gasteiger partial charge on any atom is 0.209 e. The minimum Gasteiger partial charge on any atom is -0.493 e. The van der Waals surface area contributed by atoms with Gasteiger partial charge >= 0.3 is 0 Å². The van der Waals surface area contributed by atoms with Crippen LogP contribution < -0.4 is 19.5 Å². The highest BCUT2D eigenvalue weighted by Gasteiger charge is 2.15. The number of rotatable bonds is 9. The molecule has 2 N–H and O–H groups in total. The Kier molecular flexibility index (Phi) is 7.42. The molecule has 188 valence electrons. The minimum absolute atomic E-state index is 0.0335. The Morgan fingerprint density at radius 3 is 2.28 bits per heavy atom. The lowest BCUT2D eigenvalue weighted by Gasteiger charge is -2.18. The van der Waals surface area contributed by atoms with Gasteiger partial charge in [0.25, 0.3) is 0 Å². The molecule has 0 radical (unpaired) electrons. The molecule has 0 aliphatic carbocycles. The van der Waals surface area contributed by atoms with E-state index < -0.39 is 10.0 Å². The zero-order valence-electron chi connectivity index (χ0n) is 21.0. The molecule has 1 aromatic heterocycles. The van der Waals surface area contributed by atoms with E-state index in [2.05, 4.69) is 45.1 Å². The summed E-state index contributed by atoms with van der Waals surface area (Å²) in [4.78, 5) is 9.22. The molecule has 36 heavy (non-hydrogen) atoms. The van der Waals surface area contributed by atoms with Gasteiger partial charge in [0.05, 0.1) is 26.0 Å². The van der Waals surface area contributed by atoms with E-state index in [9.17, 15) is 8.42 Å². The average Bonchev–Trinajstić information content (AvgIpc) is 2.86. The molecule has 0 fully saturated rings. The van der Waals surface area contributed by atoms with Crippen molar-refractivity contribution in [2.75, 3.05) is 25.8 Å². The van der Waals surface area contributed by atoms with Gasteiger partial charge in [0.2, 0.25) is 10.0 Å². The van der Waals surface area contributed by atoms with Crippen LogP contribution in [0.5, 0.6) is 11.5 Å². The molecule has 0 bridgehead atoms. The van der Waals surface area contributed by atoms with E-state index in [1.54, 1.807) is 14.2 Å². The molecule has 3 aromatic carbocycles. The topological polar surface area (TPSA) is 102 Å². The number of methoxy groups -OCH3 is 2. The van der Waals surface area contributed by atoms with Crippen LogP contribution in [0.25, 0.3) is 22.0 Å². The Labute approximate surface area is 211 Å². The van der Waals surface area contributed by atoms with Crippen molar-refractivity contribution in [2.45, 2.75) is 26.4 Å². The fourth-order valence-electron chi connectivity index (χ4n) is 3.99. The quantitative estimate of drug-likeness (QED) is 0.335. The third-order valence-corrected chi connectivity index (χ3v) is 6.55. The van der Waals surface area contributed by atoms with E-state index >= 15 is 0 Å². The van der Waals surface area contributed by atoms with Crippen molar-refractivity contribution in [1.29, 1.82) is 0 Å². The summed E-state index contributed by atoms with van der Waals surface area (Å²) >= 11 is 0. The number of anilines is 1. The Bertz CT molecular complexity index is 1490. The predicted octanol–water partition coefficient (Wildman–Crippen LogP) is 4.84. The first-order valence-electron chi connectivity index (χ1n) is 11.5. The number of aryl methyl sites for hydroxylation is 1. The van der Waals surface area contributed by atoms with Crippen LogP contribution in [0.1, 0.15) is 29.9 Å². The SMILES string of the molecule is COc1cc2nc(C)nc(NC(C)c3cccc(-c4ccc(CNS(C)(=O)=O)cc4)c3)c2cc1OC. The summed E-state index contributed by atoms with van der Waals surface area (Å²) in [6, 6.07) is 19.9. The van der Waals surface area contributed by atoms with E-state index in [1.807, 2.05) is 49.4 Å². The molecule has 1 unspecified atom stereocenters. The standard InChI is InChI=1S/C27H30N4O4S/c1-17(29-27-23-14-25(34-3)26(35-4)15-24(23)30-18(2)31-27)21-7-6-8-22(13-21)20-11-9-19(10-12-20)16-28-36(5,32)33/h6-15,17,28H,16H2,1-5H3,(H,29,30,31). The molecule has 0 saturated heterocycles. The molecular weight excluding hydrogens is 476 g/mol. The zero-order valence-corrected chi connectivity index (χ0v) is 21.8. The van der Waals surface area contributed by atoms with Crippen LogP contribution in [0.3, 0.4) is 0 Å². The van der Waals surface area contributed by atoms with E-state index in [0.29, 0.717) is 17.3 Å². The first kappa shape index (κ1) is 25.4. The summed E-state index contributed by atoms with van der Waals surface area (Å²) in [6.07, 6.45) is 1.15. The van der Waals surface area contributed by atoms with Gasteiger partial charge in [-0.2, -0.15) is 0 Å². The van der Waals surface area contributed by atoms with Crippen molar-refractivity contribution in [3.05, 3.63) is 77.6 Å². The largest absolute Gasteiger partial charge is 0.493 e. The van der Waals surface area contributed by atoms with Crippen molar-refractivity contribution >= 4 is 26.7 Å². The normalized spacial score (nSPS) is 12.4. The summed E-state index contributed by atoms with van der Waals surface area (Å²) in [5, 5.41) is 4.38. The maximum atomic E-state index is 11.3. The van der Waals surface area contributed by atoms with Gasteiger partial charge in [-0.15, -0.1) is 0 Å². The van der Waals surface area contributed by atoms with E-state index in [4.69, 9.17) is 9.47 Å². The van der Waals surface area contributed by atoms with Crippen molar-refractivity contribution in [1.82, 2.24) is 14.7 Å². The first-order chi connectivity index (χ1) is 17.2. The summed E-state index contributed by atoms with van der Waals surface area (Å²) < 4.78 is 36.1. The van der Waals surface area contributed by atoms with Gasteiger partial charge in [0.15, 0.2) is 11.5 Å². The average molecular weight is 507 g/mol. The molecule has 8 nitrogen and oxygen atoms in total. The van der Waals surface area contributed by atoms with Crippen LogP contribution in [0, 0.1) is 6.92 Å². The third kappa shape index (κ3) is 5.92. The summed E-state index contributed by atoms with van der Waals surface area (Å²) in [7, 11) is -0.0199. The van der Waals surface area contributed by atoms with Crippen LogP contribution in [0.15, 0.2) is 60.7 Å². The Morgan fingerprint density at radius 2 is 1.61 bits per heavy atom. The van der Waals surface area contributed by atoms with Crippen LogP contribution in [-0.2, 0) is 16.6 Å². The number of hydrogen-bond acceptors (Lipinski definition) is 7. The van der Waals surface area contributed by atoms with Crippen molar-refractivity contribution < 1.29 is 17.9 Å². The van der Waals surface area contributed by atoms with Crippen LogP contribution in [0.4, 0.5) is 5.82 Å². The number of ether oxygens (including phenoxy) is 2. The molecule has 0 aliphatic rings. The molecular formula is C27H30N4O4S. The number of nitrogens with one attached hydrogen (secondary N) is 2. The number of benzene rings is 3. The van der Waals surface area contributed by atoms with Gasteiger partial charge in [-0.3, -0.25) is 0 Å². The second-order valence-electron chi connectivity index (χ2n) is 8.63. The van der Waals surface area contributed by atoms with Gasteiger partial charge in [-0.1, -0.05) is 42.5 Å². The predicted molar refractivity (Wildman–Crippen MR) is 143 cm³/mol. The summed E-state index contributed by atoms with van der Waals surface area (Å²) in [6.45, 7) is 4.22. The number of sulfonamides is 1. The smallest absolute Gasteiger partial charge is 0.209 e. The van der Waals surface area contributed by atoms with Gasteiger partial charge in [0.1, 0.15) is 11.6 Å². The van der Waals surface area contributed by atoms with Gasteiger partial charge in [-0.25, -0.2) is 23.1 Å². The first-order valence-corrected chi connectivity index (χ1v) is 13.4. The maximum absolute atomic E-state index is 11.3. The Hall–Kier alpha value is -3.69. The van der Waals surface area contributed by atoms with Gasteiger partial charge < -0.3 is 14.8 Å². The van der Waals surface area contributed by atoms with Crippen LogP contribution in [0.2, 0.25) is 0 Å². The van der Waals surface area contributed by atoms with Crippen LogP contribution in [-0.4, -0.2) is 38.9 Å². The van der Waals surface area contributed by atoms with E-state index in [-0.39, 0.29) is 12.6 Å². The van der Waals surface area contributed by atoms with Gasteiger partial charge in [0, 0.05) is 24.0 Å². The number of hydrogen-bond donors (Lipinski definition) is 2. The highest BCUT2D eigenvalue weighted by Crippen LogP contribution is 2.35. The van der Waals surface area contributed by atoms with Crippen LogP contribution >= 0.6 is 0 Å². The van der Waals surface area contributed by atoms with Crippen molar-refractivity contribution in [3.63, 3.8) is 0 Å². The second kappa shape index (κ2) is 10.5. The molecule has 4 rings (SSSR count). The fraction of sp³-hybridized carbons (Fsp3) is 0.259. The lowest BCUT2D eigenvalue weighted by atomic mass is 9.99. The van der Waals surface area contributed by atoms with Crippen molar-refractivity contribution in [3.8, 4) is 22.6 Å². The molecule has 0 amide bonds. The molecule has 9 heteroatoms. The molecule has 1 heterocycles. The molecule has 0 aliphatic heterocycles. The Balaban J connectivity index is 1.59. The number of nitrogens with zero attached hydrogens (tertiary/aromatic N) is 2. The zero-order chi connectivity index (χ0) is 25.9. The second-order valence-corrected chi connectivity index (χ2v) is 10.5. The molecule has 0 spiro atoms. The van der Waals surface area contributed by atoms with Gasteiger partial charge in [-0.05, 0) is 48.2 Å². The highest BCUT2D eigenvalue weighted by molar-refractivity contribution is 7.88. The molecule has 0 saturated carbocycles. The van der Waals surface area contributed by atoms with Crippen molar-refractivity contribution in [2.24, 2.45) is 0 Å². The molecule has 1 atom stereocenters. The summed E-state index contributed by atoms with van der Waals surface area (Å²) in [5.74, 6) is 2.61. The monoisotopic (exact) mass is 506 g/mol. The van der Waals surface area contributed by atoms with E-state index in [0.717, 1.165) is 45.2 Å².